The average Bonchev–Trinajstić information content (AvgIpc) is 3.15. The molecule has 11 heteroatoms. The van der Waals surface area contributed by atoms with Crippen LogP contribution < -0.4 is 10.9 Å². The summed E-state index contributed by atoms with van der Waals surface area (Å²) in [4.78, 5) is 27.1. The predicted molar refractivity (Wildman–Crippen MR) is 127 cm³/mol. The van der Waals surface area contributed by atoms with Gasteiger partial charge in [-0.1, -0.05) is 12.1 Å². The molecule has 1 amide bonds. The number of amides is 1. The third kappa shape index (κ3) is 5.35. The zero-order chi connectivity index (χ0) is 26.0. The van der Waals surface area contributed by atoms with Crippen LogP contribution in [0.15, 0.2) is 82.6 Å². The van der Waals surface area contributed by atoms with Crippen LogP contribution in [0.4, 0.5) is 27.6 Å². The second-order valence-corrected chi connectivity index (χ2v) is 8.61. The van der Waals surface area contributed by atoms with E-state index in [9.17, 15) is 31.5 Å². The zero-order valence-electron chi connectivity index (χ0n) is 18.6. The van der Waals surface area contributed by atoms with Gasteiger partial charge in [-0.2, -0.15) is 13.2 Å². The molecule has 1 aromatic heterocycles. The van der Waals surface area contributed by atoms with Gasteiger partial charge in [0.05, 0.1) is 12.1 Å². The number of aromatic nitrogens is 2. The number of anilines is 1. The highest BCUT2D eigenvalue weighted by Crippen LogP contribution is 2.30. The van der Waals surface area contributed by atoms with Gasteiger partial charge in [0.15, 0.2) is 5.82 Å². The quantitative estimate of drug-likeness (QED) is 0.253. The zero-order valence-corrected chi connectivity index (χ0v) is 19.5. The molecule has 0 bridgehead atoms. The second-order valence-electron chi connectivity index (χ2n) is 7.73. The third-order valence-corrected chi connectivity index (χ3v) is 6.03. The summed E-state index contributed by atoms with van der Waals surface area (Å²) in [5.74, 6) is -2.76. The monoisotopic (exact) mass is 519 g/mol. The minimum absolute atomic E-state index is 0.149. The van der Waals surface area contributed by atoms with E-state index in [-0.39, 0.29) is 23.4 Å². The molecule has 1 N–H and O–H groups in total. The van der Waals surface area contributed by atoms with Crippen LogP contribution in [0.2, 0.25) is 0 Å². The van der Waals surface area contributed by atoms with Crippen LogP contribution in [0, 0.1) is 11.6 Å². The molecule has 4 aromatic rings. The fourth-order valence-corrected chi connectivity index (χ4v) is 3.98. The van der Waals surface area contributed by atoms with Gasteiger partial charge in [-0.3, -0.25) is 14.3 Å². The van der Waals surface area contributed by atoms with Gasteiger partial charge in [0.1, 0.15) is 17.1 Å². The molecule has 0 aliphatic heterocycles. The molecule has 4 rings (SSSR count). The number of hydrogen-bond donors (Lipinski definition) is 1. The molecular formula is C25H18F5N3O2S. The van der Waals surface area contributed by atoms with Crippen LogP contribution in [0.5, 0.6) is 0 Å². The molecule has 0 atom stereocenters. The Hall–Kier alpha value is -3.86. The predicted octanol–water partition coefficient (Wildman–Crippen LogP) is 5.96. The van der Waals surface area contributed by atoms with Gasteiger partial charge >= 0.3 is 6.18 Å². The maximum Gasteiger partial charge on any atom is 0.416 e. The topological polar surface area (TPSA) is 56.0 Å². The van der Waals surface area contributed by atoms with Crippen molar-refractivity contribution in [3.8, 4) is 5.69 Å². The van der Waals surface area contributed by atoms with Crippen molar-refractivity contribution in [2.45, 2.75) is 17.6 Å². The van der Waals surface area contributed by atoms with E-state index in [1.165, 1.54) is 23.9 Å². The van der Waals surface area contributed by atoms with Gasteiger partial charge < -0.3 is 5.32 Å². The maximum absolute atomic E-state index is 14.6. The van der Waals surface area contributed by atoms with Gasteiger partial charge in [0, 0.05) is 22.8 Å². The van der Waals surface area contributed by atoms with E-state index >= 15 is 0 Å². The summed E-state index contributed by atoms with van der Waals surface area (Å²) >= 11 is 1.50. The molecule has 0 unspecified atom stereocenters. The number of alkyl halides is 3. The Kier molecular flexibility index (Phi) is 7.02. The van der Waals surface area contributed by atoms with E-state index in [0.29, 0.717) is 11.8 Å². The van der Waals surface area contributed by atoms with Crippen molar-refractivity contribution in [1.82, 2.24) is 9.36 Å². The molecule has 0 radical (unpaired) electrons. The smallest absolute Gasteiger partial charge is 0.322 e. The number of hydrogen-bond acceptors (Lipinski definition) is 3. The van der Waals surface area contributed by atoms with Crippen molar-refractivity contribution in [3.63, 3.8) is 0 Å². The number of nitrogens with zero attached hydrogens (tertiary/aromatic N) is 2. The third-order valence-electron chi connectivity index (χ3n) is 5.29. The van der Waals surface area contributed by atoms with Crippen molar-refractivity contribution < 1.29 is 26.7 Å². The standard InChI is InChI=1S/C25H18F5N3O2S/c1-36-19-8-6-18(7-9-19)31-23(34)20-14-32(13-15-3-2-4-16(11-15)25(28,29)30)33(24(20)35)22-10-5-17(26)12-21(22)27/h2-12,14H,13H2,1H3,(H,31,34). The first-order valence-electron chi connectivity index (χ1n) is 10.5. The normalized spacial score (nSPS) is 11.5. The Morgan fingerprint density at radius 2 is 1.72 bits per heavy atom. The first-order valence-corrected chi connectivity index (χ1v) is 11.7. The maximum atomic E-state index is 14.6. The summed E-state index contributed by atoms with van der Waals surface area (Å²) in [5.41, 5.74) is -2.01. The van der Waals surface area contributed by atoms with Gasteiger partial charge in [-0.15, -0.1) is 11.8 Å². The molecule has 0 fully saturated rings. The second kappa shape index (κ2) is 10.0. The van der Waals surface area contributed by atoms with Crippen molar-refractivity contribution in [2.24, 2.45) is 0 Å². The molecule has 3 aromatic carbocycles. The van der Waals surface area contributed by atoms with Gasteiger partial charge in [-0.05, 0) is 60.4 Å². The van der Waals surface area contributed by atoms with E-state index in [0.717, 1.165) is 44.7 Å². The van der Waals surface area contributed by atoms with Crippen molar-refractivity contribution in [2.75, 3.05) is 11.6 Å². The van der Waals surface area contributed by atoms with E-state index in [2.05, 4.69) is 5.32 Å². The molecule has 186 valence electrons. The summed E-state index contributed by atoms with van der Waals surface area (Å²) in [7, 11) is 0. The fraction of sp³-hybridized carbons (Fsp3) is 0.120. The van der Waals surface area contributed by atoms with Crippen LogP contribution in [-0.4, -0.2) is 21.5 Å². The van der Waals surface area contributed by atoms with E-state index in [1.807, 2.05) is 6.26 Å². The van der Waals surface area contributed by atoms with Gasteiger partial charge in [0.2, 0.25) is 0 Å². The summed E-state index contributed by atoms with van der Waals surface area (Å²) in [6.07, 6.45) is -1.58. The summed E-state index contributed by atoms with van der Waals surface area (Å²) in [5, 5.41) is 2.58. The van der Waals surface area contributed by atoms with Gasteiger partial charge in [0.25, 0.3) is 11.5 Å². The molecule has 0 saturated heterocycles. The van der Waals surface area contributed by atoms with Crippen LogP contribution >= 0.6 is 11.8 Å². The largest absolute Gasteiger partial charge is 0.416 e. The molecule has 0 aliphatic carbocycles. The van der Waals surface area contributed by atoms with Crippen LogP contribution in [-0.2, 0) is 12.7 Å². The van der Waals surface area contributed by atoms with Crippen molar-refractivity contribution in [1.29, 1.82) is 0 Å². The van der Waals surface area contributed by atoms with Crippen molar-refractivity contribution >= 4 is 23.4 Å². The lowest BCUT2D eigenvalue weighted by atomic mass is 10.1. The summed E-state index contributed by atoms with van der Waals surface area (Å²) < 4.78 is 69.5. The molecule has 0 saturated carbocycles. The number of carbonyl (C=O) groups excluding carboxylic acids is 1. The molecule has 36 heavy (non-hydrogen) atoms. The summed E-state index contributed by atoms with van der Waals surface area (Å²) in [6, 6.07) is 13.7. The Balaban J connectivity index is 1.77. The lowest BCUT2D eigenvalue weighted by Gasteiger charge is -2.14. The number of nitrogens with one attached hydrogen (secondary N) is 1. The molecule has 0 aliphatic rings. The van der Waals surface area contributed by atoms with Crippen molar-refractivity contribution in [3.05, 3.63) is 112 Å². The Bertz CT molecular complexity index is 1480. The first kappa shape index (κ1) is 25.2. The Labute approximate surface area is 206 Å². The Morgan fingerprint density at radius 3 is 2.36 bits per heavy atom. The highest BCUT2D eigenvalue weighted by Gasteiger charge is 2.30. The van der Waals surface area contributed by atoms with Crippen LogP contribution in [0.3, 0.4) is 0 Å². The minimum atomic E-state index is -4.59. The highest BCUT2D eigenvalue weighted by atomic mass is 32.2. The average molecular weight is 519 g/mol. The number of rotatable bonds is 6. The van der Waals surface area contributed by atoms with Crippen LogP contribution in [0.1, 0.15) is 21.5 Å². The highest BCUT2D eigenvalue weighted by molar-refractivity contribution is 7.98. The SMILES string of the molecule is CSc1ccc(NC(=O)c2cn(Cc3cccc(C(F)(F)F)c3)n(-c3ccc(F)cc3F)c2=O)cc1. The minimum Gasteiger partial charge on any atom is -0.322 e. The number of carbonyl (C=O) groups is 1. The van der Waals surface area contributed by atoms with E-state index in [4.69, 9.17) is 0 Å². The van der Waals surface area contributed by atoms with E-state index < -0.39 is 34.8 Å². The number of benzene rings is 3. The summed E-state index contributed by atoms with van der Waals surface area (Å²) in [6.45, 7) is -0.300. The molecule has 5 nitrogen and oxygen atoms in total. The fourth-order valence-electron chi connectivity index (χ4n) is 3.57. The van der Waals surface area contributed by atoms with Crippen LogP contribution in [0.25, 0.3) is 5.69 Å². The molecular weight excluding hydrogens is 501 g/mol. The van der Waals surface area contributed by atoms with E-state index in [1.54, 1.807) is 24.3 Å². The lowest BCUT2D eigenvalue weighted by molar-refractivity contribution is -0.137. The van der Waals surface area contributed by atoms with Gasteiger partial charge in [-0.25, -0.2) is 13.5 Å². The number of thioether (sulfide) groups is 1. The lowest BCUT2D eigenvalue weighted by Crippen LogP contribution is -2.26. The molecule has 1 heterocycles. The first-order chi connectivity index (χ1) is 17.1. The Morgan fingerprint density at radius 1 is 1.00 bits per heavy atom. The molecule has 0 spiro atoms. The number of halogens is 5.